The average molecular weight is 702 g/mol. The highest BCUT2D eigenvalue weighted by Crippen LogP contribution is 2.46. The Balaban J connectivity index is 1.12. The van der Waals surface area contributed by atoms with Crippen molar-refractivity contribution < 1.29 is 0 Å². The highest BCUT2D eigenvalue weighted by molar-refractivity contribution is 7.26. The van der Waals surface area contributed by atoms with Crippen LogP contribution < -0.4 is 0 Å². The maximum absolute atomic E-state index is 2.49. The van der Waals surface area contributed by atoms with Crippen molar-refractivity contribution in [1.29, 1.82) is 0 Å². The zero-order valence-corrected chi connectivity index (χ0v) is 30.1. The maximum atomic E-state index is 2.49. The number of hydrogen-bond acceptors (Lipinski definition) is 1. The van der Waals surface area contributed by atoms with Gasteiger partial charge in [0.25, 0.3) is 0 Å². The lowest BCUT2D eigenvalue weighted by molar-refractivity contribution is 1.20. The summed E-state index contributed by atoms with van der Waals surface area (Å²) in [6, 6.07) is 69.7. The van der Waals surface area contributed by atoms with Crippen LogP contribution in [0.25, 0.3) is 113 Å². The van der Waals surface area contributed by atoms with Gasteiger partial charge in [-0.2, -0.15) is 0 Å². The zero-order valence-electron chi connectivity index (χ0n) is 29.3. The summed E-state index contributed by atoms with van der Waals surface area (Å²) < 4.78 is 5.12. The number of rotatable bonds is 4. The molecular formula is C52H31NS. The topological polar surface area (TPSA) is 4.93 Å². The first-order chi connectivity index (χ1) is 26.8. The fraction of sp³-hybridized carbons (Fsp3) is 0. The highest BCUT2D eigenvalue weighted by Gasteiger charge is 2.19. The molecule has 0 radical (unpaired) electrons. The smallest absolute Gasteiger partial charge is 0.0541 e. The van der Waals surface area contributed by atoms with Crippen LogP contribution in [0.15, 0.2) is 188 Å². The van der Waals surface area contributed by atoms with E-state index in [2.05, 4.69) is 193 Å². The Morgan fingerprint density at radius 1 is 0.333 bits per heavy atom. The second kappa shape index (κ2) is 11.4. The third kappa shape index (κ3) is 4.32. The molecule has 0 saturated carbocycles. The van der Waals surface area contributed by atoms with Crippen LogP contribution in [0.5, 0.6) is 0 Å². The highest BCUT2D eigenvalue weighted by atomic mass is 32.1. The summed E-state index contributed by atoms with van der Waals surface area (Å²) in [6.07, 6.45) is 0. The molecule has 2 heteroatoms. The molecule has 0 saturated heterocycles. The lowest BCUT2D eigenvalue weighted by Gasteiger charge is -2.16. The largest absolute Gasteiger partial charge is 0.309 e. The molecule has 0 unspecified atom stereocenters. The van der Waals surface area contributed by atoms with E-state index in [1.165, 1.54) is 113 Å². The lowest BCUT2D eigenvalue weighted by atomic mass is 9.93. The van der Waals surface area contributed by atoms with Gasteiger partial charge in [-0.05, 0) is 103 Å². The van der Waals surface area contributed by atoms with Gasteiger partial charge in [-0.15, -0.1) is 11.3 Å². The Hall–Kier alpha value is -6.74. The second-order valence-electron chi connectivity index (χ2n) is 14.5. The van der Waals surface area contributed by atoms with E-state index >= 15 is 0 Å². The van der Waals surface area contributed by atoms with E-state index in [0.717, 1.165) is 0 Å². The summed E-state index contributed by atoms with van der Waals surface area (Å²) in [7, 11) is 0. The molecule has 2 aromatic heterocycles. The molecule has 1 nitrogen and oxygen atoms in total. The Bertz CT molecular complexity index is 3410. The van der Waals surface area contributed by atoms with Crippen LogP contribution in [0.1, 0.15) is 0 Å². The summed E-state index contributed by atoms with van der Waals surface area (Å²) >= 11 is 1.90. The molecule has 0 atom stereocenters. The SMILES string of the molecule is c1ccc(-c2ccc3sc4c(-c5ccc6c(c5)c5ccccc5n6-c5ccc6ccc7cccc8ccc5c6c78)cc(-c5ccccc5)cc4c3c2)cc1. The van der Waals surface area contributed by atoms with E-state index in [0.29, 0.717) is 0 Å². The van der Waals surface area contributed by atoms with Crippen molar-refractivity contribution in [3.05, 3.63) is 188 Å². The monoisotopic (exact) mass is 701 g/mol. The van der Waals surface area contributed by atoms with Gasteiger partial charge in [0.2, 0.25) is 0 Å². The molecule has 2 heterocycles. The van der Waals surface area contributed by atoms with E-state index in [1.54, 1.807) is 0 Å². The van der Waals surface area contributed by atoms with Gasteiger partial charge >= 0.3 is 0 Å². The molecule has 250 valence electrons. The van der Waals surface area contributed by atoms with Crippen molar-refractivity contribution in [2.45, 2.75) is 0 Å². The van der Waals surface area contributed by atoms with E-state index in [9.17, 15) is 0 Å². The minimum atomic E-state index is 1.21. The van der Waals surface area contributed by atoms with Gasteiger partial charge in [0, 0.05) is 41.9 Å². The molecule has 0 N–H and O–H groups in total. The van der Waals surface area contributed by atoms with Crippen molar-refractivity contribution in [1.82, 2.24) is 4.57 Å². The van der Waals surface area contributed by atoms with Crippen LogP contribution in [0.4, 0.5) is 0 Å². The summed E-state index contributed by atoms with van der Waals surface area (Å²) in [4.78, 5) is 0. The zero-order chi connectivity index (χ0) is 35.3. The Kier molecular flexibility index (Phi) is 6.28. The van der Waals surface area contributed by atoms with Crippen LogP contribution in [0, 0.1) is 0 Å². The number of nitrogens with zero attached hydrogens (tertiary/aromatic N) is 1. The number of hydrogen-bond donors (Lipinski definition) is 0. The molecule has 0 spiro atoms. The van der Waals surface area contributed by atoms with Crippen LogP contribution in [-0.2, 0) is 0 Å². The number of aromatic nitrogens is 1. The molecular weight excluding hydrogens is 671 g/mol. The number of para-hydroxylation sites is 1. The molecule has 0 bridgehead atoms. The Labute approximate surface area is 315 Å². The van der Waals surface area contributed by atoms with Crippen molar-refractivity contribution in [2.24, 2.45) is 0 Å². The van der Waals surface area contributed by atoms with Crippen LogP contribution in [0.2, 0.25) is 0 Å². The third-order valence-electron chi connectivity index (χ3n) is 11.5. The van der Waals surface area contributed by atoms with E-state index in [1.807, 2.05) is 11.3 Å². The molecule has 0 amide bonds. The van der Waals surface area contributed by atoms with Crippen molar-refractivity contribution in [3.8, 4) is 39.1 Å². The first-order valence-corrected chi connectivity index (χ1v) is 19.4. The molecule has 0 fully saturated rings. The molecule has 10 aromatic carbocycles. The maximum Gasteiger partial charge on any atom is 0.0541 e. The minimum absolute atomic E-state index is 1.21. The van der Waals surface area contributed by atoms with Crippen molar-refractivity contribution >= 4 is 85.6 Å². The van der Waals surface area contributed by atoms with Gasteiger partial charge in [0.15, 0.2) is 0 Å². The predicted molar refractivity (Wildman–Crippen MR) is 234 cm³/mol. The van der Waals surface area contributed by atoms with E-state index in [-0.39, 0.29) is 0 Å². The quantitative estimate of drug-likeness (QED) is 0.161. The number of benzene rings is 10. The summed E-state index contributed by atoms with van der Waals surface area (Å²) in [5.74, 6) is 0. The Morgan fingerprint density at radius 3 is 1.78 bits per heavy atom. The van der Waals surface area contributed by atoms with Crippen LogP contribution in [-0.4, -0.2) is 4.57 Å². The van der Waals surface area contributed by atoms with Gasteiger partial charge in [-0.25, -0.2) is 0 Å². The van der Waals surface area contributed by atoms with Gasteiger partial charge in [0.1, 0.15) is 0 Å². The first kappa shape index (κ1) is 29.8. The third-order valence-corrected chi connectivity index (χ3v) is 12.7. The standard InChI is InChI=1S/C52H31NS/c1-3-10-32(11-4-1)37-23-27-49-44(28-37)45-31-39(33-12-5-2-6-13-33)30-42(52(45)54-49)38-22-26-48-43(29-38)40-16-7-8-17-46(40)53(48)47-25-21-36-19-18-34-14-9-15-35-20-24-41(47)51(36)50(34)35/h1-31H. The fourth-order valence-corrected chi connectivity index (χ4v) is 10.2. The van der Waals surface area contributed by atoms with Crippen LogP contribution in [0.3, 0.4) is 0 Å². The molecule has 0 aliphatic carbocycles. The summed E-state index contributed by atoms with van der Waals surface area (Å²) in [6.45, 7) is 0. The van der Waals surface area contributed by atoms with E-state index < -0.39 is 0 Å². The fourth-order valence-electron chi connectivity index (χ4n) is 9.02. The molecule has 0 aliphatic heterocycles. The van der Waals surface area contributed by atoms with Gasteiger partial charge < -0.3 is 4.57 Å². The van der Waals surface area contributed by atoms with Gasteiger partial charge in [-0.3, -0.25) is 0 Å². The molecule has 0 aliphatic rings. The minimum Gasteiger partial charge on any atom is -0.309 e. The lowest BCUT2D eigenvalue weighted by Crippen LogP contribution is -1.96. The van der Waals surface area contributed by atoms with Gasteiger partial charge in [0.05, 0.1) is 16.7 Å². The van der Waals surface area contributed by atoms with E-state index in [4.69, 9.17) is 0 Å². The molecule has 12 aromatic rings. The number of fused-ring (bicyclic) bond motifs is 6. The summed E-state index contributed by atoms with van der Waals surface area (Å²) in [5, 5.41) is 13.0. The molecule has 12 rings (SSSR count). The Morgan fingerprint density at radius 2 is 0.963 bits per heavy atom. The summed E-state index contributed by atoms with van der Waals surface area (Å²) in [5.41, 5.74) is 11.1. The normalized spacial score (nSPS) is 12.1. The second-order valence-corrected chi connectivity index (χ2v) is 15.5. The first-order valence-electron chi connectivity index (χ1n) is 18.6. The predicted octanol–water partition coefficient (Wildman–Crippen LogP) is 15.0. The number of thiophene rings is 1. The van der Waals surface area contributed by atoms with Crippen molar-refractivity contribution in [3.63, 3.8) is 0 Å². The molecule has 54 heavy (non-hydrogen) atoms. The average Bonchev–Trinajstić information content (AvgIpc) is 3.78. The van der Waals surface area contributed by atoms with Crippen molar-refractivity contribution in [2.75, 3.05) is 0 Å². The van der Waals surface area contributed by atoms with Crippen LogP contribution >= 0.6 is 11.3 Å². The van der Waals surface area contributed by atoms with Gasteiger partial charge in [-0.1, -0.05) is 140 Å².